The second kappa shape index (κ2) is 25.4. The molecule has 8 rings (SSSR count). The summed E-state index contributed by atoms with van der Waals surface area (Å²) in [6.07, 6.45) is 2.62. The summed E-state index contributed by atoms with van der Waals surface area (Å²) < 4.78 is 28.2. The van der Waals surface area contributed by atoms with Gasteiger partial charge in [0, 0.05) is 37.1 Å². The minimum atomic E-state index is -1.46. The standard InChI is InChI=1S/C37H43N5O9.C16H18N6O7/c1-23-19-41-20-29(33(42(41)35(23)45)36(46)51-37(2,3)4)34(44)40-18-32(43)39-16-26-15-30(49-21-24-7-11-27(47-5)12-8-24)31(17-38-26)50-22-25-9-13-28(48-6)14-10-25;17-9-6-21-5-8(13(16(28)29)22(21)15(9)27)14(26)20-4-12(25)19-2-7-1-10(23)11(24)3-18-7/h7-15,17,23H,16,18-22H2,1-6H3,(H,39,43)(H,40,44);1,3,9,24H,2,4-6,17H2,(H,18,23)(H,19,25)(H,20,26)(H,28,29)/t23-;9-/m00/s1. The van der Waals surface area contributed by atoms with Gasteiger partial charge in [-0.05, 0) is 56.2 Å². The Kier molecular flexibility index (Phi) is 18.5. The van der Waals surface area contributed by atoms with Gasteiger partial charge in [0.05, 0.1) is 82.4 Å². The van der Waals surface area contributed by atoms with Gasteiger partial charge in [-0.3, -0.25) is 38.5 Å². The van der Waals surface area contributed by atoms with Crippen LogP contribution in [0.4, 0.5) is 0 Å². The van der Waals surface area contributed by atoms with Crippen molar-refractivity contribution >= 4 is 47.4 Å². The number of fused-ring (bicyclic) bond motifs is 2. The number of methoxy groups -OCH3 is 2. The Morgan fingerprint density at radius 2 is 1.25 bits per heavy atom. The molecule has 0 unspecified atom stereocenters. The fraction of sp³-hybridized carbons (Fsp3) is 0.358. The van der Waals surface area contributed by atoms with E-state index in [1.165, 1.54) is 16.2 Å². The van der Waals surface area contributed by atoms with Crippen LogP contribution in [-0.2, 0) is 69.4 Å². The van der Waals surface area contributed by atoms with Crippen molar-refractivity contribution in [3.05, 3.63) is 128 Å². The summed E-state index contributed by atoms with van der Waals surface area (Å²) in [7, 11) is 3.20. The van der Waals surface area contributed by atoms with Gasteiger partial charge in [-0.1, -0.05) is 31.2 Å². The fourth-order valence-electron chi connectivity index (χ4n) is 8.36. The molecule has 2 aromatic heterocycles. The molecule has 2 fully saturated rings. The van der Waals surface area contributed by atoms with E-state index in [9.17, 15) is 48.3 Å². The number of nitrogens with zero attached hydrogens (tertiary/aromatic N) is 5. The topological polar surface area (TPSA) is 356 Å². The second-order valence-electron chi connectivity index (χ2n) is 19.5. The number of ether oxygens (including phenoxy) is 5. The molecule has 4 aliphatic heterocycles. The van der Waals surface area contributed by atoms with E-state index in [2.05, 4.69) is 31.2 Å². The van der Waals surface area contributed by atoms with Crippen LogP contribution in [0, 0.1) is 5.92 Å². The van der Waals surface area contributed by atoms with Gasteiger partial charge in [0.15, 0.2) is 28.6 Å². The quantitative estimate of drug-likeness (QED) is 0.0533. The maximum Gasteiger partial charge on any atom is 0.357 e. The molecule has 0 radical (unpaired) electrons. The van der Waals surface area contributed by atoms with Crippen molar-refractivity contribution in [2.75, 3.05) is 53.5 Å². The highest BCUT2D eigenvalue weighted by molar-refractivity contribution is 6.08. The van der Waals surface area contributed by atoms with Gasteiger partial charge in [-0.25, -0.2) is 29.6 Å². The molecule has 0 bridgehead atoms. The number of benzene rings is 2. The Morgan fingerprint density at radius 1 is 0.725 bits per heavy atom. The Balaban J connectivity index is 0.000000269. The highest BCUT2D eigenvalue weighted by Gasteiger charge is 2.49. The second-order valence-corrected chi connectivity index (χ2v) is 19.5. The lowest BCUT2D eigenvalue weighted by Crippen LogP contribution is -2.39. The van der Waals surface area contributed by atoms with Crippen molar-refractivity contribution in [1.29, 1.82) is 0 Å². The van der Waals surface area contributed by atoms with Gasteiger partial charge in [-0.15, -0.1) is 0 Å². The minimum absolute atomic E-state index is 0.0339. The molecule has 424 valence electrons. The summed E-state index contributed by atoms with van der Waals surface area (Å²) in [5, 5.41) is 33.7. The van der Waals surface area contributed by atoms with E-state index in [0.717, 1.165) is 39.9 Å². The number of H-pyrrole nitrogens is 1. The lowest BCUT2D eigenvalue weighted by atomic mass is 10.1. The van der Waals surface area contributed by atoms with Crippen LogP contribution < -0.4 is 51.4 Å². The molecule has 2 saturated heterocycles. The average molecular weight is 1110 g/mol. The van der Waals surface area contributed by atoms with Crippen LogP contribution in [-0.4, -0.2) is 153 Å². The van der Waals surface area contributed by atoms with Gasteiger partial charge < -0.3 is 65.9 Å². The number of pyridine rings is 2. The van der Waals surface area contributed by atoms with Gasteiger partial charge in [0.1, 0.15) is 36.4 Å². The Bertz CT molecular complexity index is 3170. The van der Waals surface area contributed by atoms with Crippen molar-refractivity contribution in [3.63, 3.8) is 0 Å². The zero-order valence-electron chi connectivity index (χ0n) is 44.6. The molecule has 9 N–H and O–H groups in total. The van der Waals surface area contributed by atoms with Gasteiger partial charge in [0.25, 0.3) is 17.7 Å². The highest BCUT2D eigenvalue weighted by atomic mass is 16.6. The minimum Gasteiger partial charge on any atom is -0.503 e. The SMILES string of the molecule is COc1ccc(COc2cnc(CNC(=O)CNC(=O)C3=C(C(=O)OC(C)(C)C)N4C(=O)[C@@H](C)CN4C3)cc2OCc2ccc(OC)cc2)cc1.N[C@H]1CN2CC(C(=O)NCC(=O)NCc3cc(=O)c(O)c[nH]3)=C(C(=O)O)N2C1=O. The number of aromatic hydroxyl groups is 1. The Labute approximate surface area is 457 Å². The third-order valence-electron chi connectivity index (χ3n) is 12.3. The van der Waals surface area contributed by atoms with Crippen molar-refractivity contribution in [1.82, 2.24) is 51.3 Å². The van der Waals surface area contributed by atoms with Crippen LogP contribution in [0.2, 0.25) is 0 Å². The number of hydrogen-bond donors (Lipinski definition) is 8. The number of nitrogens with two attached hydrogens (primary N) is 1. The predicted molar refractivity (Wildman–Crippen MR) is 279 cm³/mol. The third kappa shape index (κ3) is 14.4. The molecule has 2 atom stereocenters. The number of carboxylic acids is 1. The van der Waals surface area contributed by atoms with Gasteiger partial charge in [0.2, 0.25) is 23.2 Å². The number of hydrazine groups is 2. The molecular formula is C53H61N11O16. The highest BCUT2D eigenvalue weighted by Crippen LogP contribution is 2.34. The van der Waals surface area contributed by atoms with Gasteiger partial charge >= 0.3 is 11.9 Å². The van der Waals surface area contributed by atoms with Crippen molar-refractivity contribution in [3.8, 4) is 28.7 Å². The molecule has 0 spiro atoms. The average Bonchev–Trinajstić information content (AvgIpc) is 4.37. The molecule has 2 aromatic carbocycles. The lowest BCUT2D eigenvalue weighted by Gasteiger charge is -2.24. The summed E-state index contributed by atoms with van der Waals surface area (Å²) in [6.45, 7) is 6.85. The molecule has 4 aliphatic rings. The Hall–Kier alpha value is -9.34. The van der Waals surface area contributed by atoms with E-state index in [1.54, 1.807) is 53.0 Å². The molecule has 80 heavy (non-hydrogen) atoms. The van der Waals surface area contributed by atoms with Crippen molar-refractivity contribution in [2.24, 2.45) is 11.7 Å². The Morgan fingerprint density at radius 3 is 1.79 bits per heavy atom. The normalized spacial score (nSPS) is 16.8. The maximum absolute atomic E-state index is 13.2. The zero-order chi connectivity index (χ0) is 58.0. The molecular weight excluding hydrogens is 1050 g/mol. The van der Waals surface area contributed by atoms with E-state index in [1.807, 2.05) is 48.5 Å². The fourth-order valence-corrected chi connectivity index (χ4v) is 8.36. The third-order valence-corrected chi connectivity index (χ3v) is 12.3. The molecule has 6 heterocycles. The van der Waals surface area contributed by atoms with E-state index in [-0.39, 0.29) is 81.2 Å². The summed E-state index contributed by atoms with van der Waals surface area (Å²) in [6, 6.07) is 16.9. The first-order valence-corrected chi connectivity index (χ1v) is 24.9. The van der Waals surface area contributed by atoms with Crippen LogP contribution in [0.25, 0.3) is 0 Å². The van der Waals surface area contributed by atoms with E-state index >= 15 is 0 Å². The van der Waals surface area contributed by atoms with Crippen LogP contribution in [0.1, 0.15) is 50.2 Å². The first-order chi connectivity index (χ1) is 38.0. The summed E-state index contributed by atoms with van der Waals surface area (Å²) in [5.74, 6) is -4.18. The van der Waals surface area contributed by atoms with Gasteiger partial charge in [-0.2, -0.15) is 0 Å². The number of esters is 1. The molecule has 4 aromatic rings. The number of carboxylic acid groups (broad SMARTS) is 1. The molecule has 6 amide bonds. The number of nitrogens with one attached hydrogen (secondary N) is 5. The summed E-state index contributed by atoms with van der Waals surface area (Å²) >= 11 is 0. The number of amides is 6. The molecule has 0 saturated carbocycles. The number of hydrogen-bond acceptors (Lipinski definition) is 19. The first-order valence-electron chi connectivity index (χ1n) is 24.9. The monoisotopic (exact) mass is 1110 g/mol. The van der Waals surface area contributed by atoms with Crippen LogP contribution in [0.3, 0.4) is 0 Å². The van der Waals surface area contributed by atoms with Crippen LogP contribution >= 0.6 is 0 Å². The molecule has 27 heteroatoms. The number of carbonyl (C=O) groups is 8. The number of aliphatic carboxylic acids is 1. The van der Waals surface area contributed by atoms with Crippen LogP contribution in [0.5, 0.6) is 28.7 Å². The molecule has 0 aliphatic carbocycles. The number of rotatable bonds is 20. The number of carbonyl (C=O) groups excluding carboxylic acids is 7. The lowest BCUT2D eigenvalue weighted by molar-refractivity contribution is -0.156. The van der Waals surface area contributed by atoms with E-state index < -0.39 is 76.5 Å². The van der Waals surface area contributed by atoms with Crippen molar-refractivity contribution in [2.45, 2.75) is 65.6 Å². The van der Waals surface area contributed by atoms with Crippen LogP contribution in [0.15, 0.2) is 100 Å². The largest absolute Gasteiger partial charge is 0.503 e. The zero-order valence-corrected chi connectivity index (χ0v) is 44.6. The first kappa shape index (κ1) is 58.3. The maximum atomic E-state index is 13.2. The summed E-state index contributed by atoms with van der Waals surface area (Å²) in [4.78, 5) is 118. The number of aromatic amines is 1. The smallest absolute Gasteiger partial charge is 0.357 e. The van der Waals surface area contributed by atoms with Crippen molar-refractivity contribution < 1.29 is 72.3 Å². The molecule has 27 nitrogen and oxygen atoms in total. The van der Waals surface area contributed by atoms with E-state index in [0.29, 0.717) is 29.4 Å². The summed E-state index contributed by atoms with van der Waals surface area (Å²) in [5.41, 5.74) is 6.09. The predicted octanol–water partition coefficient (Wildman–Crippen LogP) is -0.154. The van der Waals surface area contributed by atoms with E-state index in [4.69, 9.17) is 34.5 Å². The number of aromatic nitrogens is 2.